The van der Waals surface area contributed by atoms with Gasteiger partial charge in [-0.2, -0.15) is 0 Å². The molecule has 1 aromatic rings. The lowest BCUT2D eigenvalue weighted by Crippen LogP contribution is -2.37. The normalized spacial score (nSPS) is 14.4. The number of rotatable bonds is 5. The number of aliphatic hydroxyl groups is 2. The lowest BCUT2D eigenvalue weighted by atomic mass is 10.1. The van der Waals surface area contributed by atoms with Crippen molar-refractivity contribution >= 4 is 11.5 Å². The van der Waals surface area contributed by atoms with E-state index in [2.05, 4.69) is 15.7 Å². The number of aromatic nitrogens is 1. The summed E-state index contributed by atoms with van der Waals surface area (Å²) in [6.07, 6.45) is 1.59. The van der Waals surface area contributed by atoms with Crippen LogP contribution in [0.2, 0.25) is 0 Å². The van der Waals surface area contributed by atoms with Crippen molar-refractivity contribution in [2.24, 2.45) is 5.84 Å². The molecule has 0 spiro atoms. The van der Waals surface area contributed by atoms with Crippen molar-refractivity contribution in [1.82, 2.24) is 4.98 Å². The molecule has 0 aliphatic heterocycles. The van der Waals surface area contributed by atoms with E-state index >= 15 is 0 Å². The molecule has 6 N–H and O–H groups in total. The van der Waals surface area contributed by atoms with Crippen LogP contribution >= 0.6 is 0 Å². The molecular weight excluding hydrogens is 196 g/mol. The molecule has 0 aromatic carbocycles. The number of hydrazine groups is 1. The molecule has 0 aliphatic rings. The molecule has 0 aliphatic carbocycles. The second-order valence-corrected chi connectivity index (χ2v) is 3.58. The summed E-state index contributed by atoms with van der Waals surface area (Å²) >= 11 is 0. The molecule has 84 valence electrons. The number of nitrogen functional groups attached to an aromatic ring is 1. The first-order valence-electron chi connectivity index (χ1n) is 4.57. The molecule has 6 nitrogen and oxygen atoms in total. The van der Waals surface area contributed by atoms with E-state index in [4.69, 9.17) is 10.9 Å². The number of nitrogens with one attached hydrogen (secondary N) is 2. The van der Waals surface area contributed by atoms with Crippen LogP contribution in [0, 0.1) is 0 Å². The molecule has 0 bridgehead atoms. The van der Waals surface area contributed by atoms with E-state index in [0.717, 1.165) is 5.69 Å². The van der Waals surface area contributed by atoms with Crippen molar-refractivity contribution in [3.8, 4) is 0 Å². The van der Waals surface area contributed by atoms with E-state index < -0.39 is 5.60 Å². The van der Waals surface area contributed by atoms with Gasteiger partial charge in [0.2, 0.25) is 0 Å². The zero-order valence-electron chi connectivity index (χ0n) is 8.57. The van der Waals surface area contributed by atoms with Gasteiger partial charge in [-0.25, -0.2) is 10.8 Å². The van der Waals surface area contributed by atoms with Crippen molar-refractivity contribution in [3.63, 3.8) is 0 Å². The molecule has 1 aromatic heterocycles. The zero-order valence-corrected chi connectivity index (χ0v) is 8.57. The maximum Gasteiger partial charge on any atom is 0.141 e. The van der Waals surface area contributed by atoms with Crippen LogP contribution in [0.15, 0.2) is 18.3 Å². The Morgan fingerprint density at radius 3 is 2.93 bits per heavy atom. The minimum Gasteiger partial charge on any atom is -0.393 e. The number of anilines is 2. The van der Waals surface area contributed by atoms with Crippen LogP contribution < -0.4 is 16.6 Å². The quantitative estimate of drug-likeness (QED) is 0.334. The summed E-state index contributed by atoms with van der Waals surface area (Å²) in [4.78, 5) is 3.93. The maximum atomic E-state index is 9.54. The largest absolute Gasteiger partial charge is 0.393 e. The van der Waals surface area contributed by atoms with Gasteiger partial charge >= 0.3 is 0 Å². The van der Waals surface area contributed by atoms with Crippen LogP contribution in [0.3, 0.4) is 0 Å². The molecule has 0 fully saturated rings. The second-order valence-electron chi connectivity index (χ2n) is 3.58. The van der Waals surface area contributed by atoms with Crippen molar-refractivity contribution in [1.29, 1.82) is 0 Å². The second kappa shape index (κ2) is 4.92. The summed E-state index contributed by atoms with van der Waals surface area (Å²) in [6.45, 7) is 1.49. The average Bonchev–Trinajstić information content (AvgIpc) is 2.27. The maximum absolute atomic E-state index is 9.54. The molecule has 0 saturated heterocycles. The van der Waals surface area contributed by atoms with Gasteiger partial charge in [0.05, 0.1) is 6.61 Å². The Bertz CT molecular complexity index is 317. The van der Waals surface area contributed by atoms with Gasteiger partial charge in [-0.05, 0) is 13.0 Å². The van der Waals surface area contributed by atoms with E-state index in [1.807, 2.05) is 0 Å². The van der Waals surface area contributed by atoms with E-state index in [9.17, 15) is 5.11 Å². The predicted octanol–water partition coefficient (Wildman–Crippen LogP) is -0.478. The lowest BCUT2D eigenvalue weighted by molar-refractivity contribution is 0.0132. The van der Waals surface area contributed by atoms with Crippen LogP contribution in [0.25, 0.3) is 0 Å². The lowest BCUT2D eigenvalue weighted by Gasteiger charge is -2.21. The van der Waals surface area contributed by atoms with Crippen LogP contribution in [0.1, 0.15) is 6.92 Å². The Hall–Kier alpha value is -1.37. The molecule has 1 heterocycles. The molecule has 15 heavy (non-hydrogen) atoms. The summed E-state index contributed by atoms with van der Waals surface area (Å²) in [5, 5.41) is 21.3. The summed E-state index contributed by atoms with van der Waals surface area (Å²) in [5.41, 5.74) is 2.05. The van der Waals surface area contributed by atoms with Gasteiger partial charge in [0.25, 0.3) is 0 Å². The van der Waals surface area contributed by atoms with Crippen LogP contribution in [-0.4, -0.2) is 33.9 Å². The van der Waals surface area contributed by atoms with E-state index in [-0.39, 0.29) is 13.2 Å². The highest BCUT2D eigenvalue weighted by Gasteiger charge is 2.18. The van der Waals surface area contributed by atoms with E-state index in [1.165, 1.54) is 0 Å². The van der Waals surface area contributed by atoms with Gasteiger partial charge in [0, 0.05) is 24.5 Å². The molecular formula is C9H16N4O2. The minimum absolute atomic E-state index is 0.248. The first kappa shape index (κ1) is 11.7. The van der Waals surface area contributed by atoms with Gasteiger partial charge < -0.3 is 21.0 Å². The molecule has 0 radical (unpaired) electrons. The number of hydrogen-bond acceptors (Lipinski definition) is 6. The third-order valence-electron chi connectivity index (χ3n) is 1.92. The topological polar surface area (TPSA) is 103 Å². The van der Waals surface area contributed by atoms with E-state index in [0.29, 0.717) is 5.82 Å². The fourth-order valence-electron chi connectivity index (χ4n) is 0.968. The van der Waals surface area contributed by atoms with Gasteiger partial charge in [-0.15, -0.1) is 0 Å². The summed E-state index contributed by atoms with van der Waals surface area (Å²) in [6, 6.07) is 3.45. The minimum atomic E-state index is -1.14. The van der Waals surface area contributed by atoms with Gasteiger partial charge in [-0.3, -0.25) is 0 Å². The standard InChI is InChI=1S/C9H16N4O2/c1-9(15,6-14)5-12-7-2-3-11-8(4-7)13-10/h2-4,14-15H,5-6,10H2,1H3,(H2,11,12,13). The summed E-state index contributed by atoms with van der Waals surface area (Å²) in [5.74, 6) is 5.73. The molecule has 1 unspecified atom stereocenters. The highest BCUT2D eigenvalue weighted by atomic mass is 16.3. The number of nitrogens with two attached hydrogens (primary N) is 1. The monoisotopic (exact) mass is 212 g/mol. The Morgan fingerprint density at radius 1 is 1.60 bits per heavy atom. The Balaban J connectivity index is 2.57. The van der Waals surface area contributed by atoms with Gasteiger partial charge in [0.15, 0.2) is 0 Å². The number of hydrogen-bond donors (Lipinski definition) is 5. The number of pyridine rings is 1. The molecule has 1 atom stereocenters. The van der Waals surface area contributed by atoms with Crippen LogP contribution in [-0.2, 0) is 0 Å². The van der Waals surface area contributed by atoms with Crippen LogP contribution in [0.4, 0.5) is 11.5 Å². The summed E-state index contributed by atoms with van der Waals surface area (Å²) in [7, 11) is 0. The molecule has 0 saturated carbocycles. The fraction of sp³-hybridized carbons (Fsp3) is 0.444. The predicted molar refractivity (Wildman–Crippen MR) is 58.2 cm³/mol. The average molecular weight is 212 g/mol. The van der Waals surface area contributed by atoms with Crippen LogP contribution in [0.5, 0.6) is 0 Å². The van der Waals surface area contributed by atoms with Crippen molar-refractivity contribution in [2.75, 3.05) is 23.9 Å². The van der Waals surface area contributed by atoms with Crippen molar-refractivity contribution in [3.05, 3.63) is 18.3 Å². The fourth-order valence-corrected chi connectivity index (χ4v) is 0.968. The van der Waals surface area contributed by atoms with E-state index in [1.54, 1.807) is 25.3 Å². The smallest absolute Gasteiger partial charge is 0.141 e. The molecule has 6 heteroatoms. The molecule has 0 amide bonds. The SMILES string of the molecule is CC(O)(CO)CNc1ccnc(NN)c1. The Kier molecular flexibility index (Phi) is 3.84. The molecule has 1 rings (SSSR count). The highest BCUT2D eigenvalue weighted by molar-refractivity contribution is 5.51. The van der Waals surface area contributed by atoms with Gasteiger partial charge in [0.1, 0.15) is 11.4 Å². The first-order chi connectivity index (χ1) is 7.07. The Labute approximate surface area is 88.1 Å². The number of nitrogens with zero attached hydrogens (tertiary/aromatic N) is 1. The third-order valence-corrected chi connectivity index (χ3v) is 1.92. The summed E-state index contributed by atoms with van der Waals surface area (Å²) < 4.78 is 0. The Morgan fingerprint density at radius 2 is 2.33 bits per heavy atom. The van der Waals surface area contributed by atoms with Gasteiger partial charge in [-0.1, -0.05) is 0 Å². The highest BCUT2D eigenvalue weighted by Crippen LogP contribution is 2.12. The third kappa shape index (κ3) is 3.70. The zero-order chi connectivity index (χ0) is 11.3. The van der Waals surface area contributed by atoms with Crippen molar-refractivity contribution in [2.45, 2.75) is 12.5 Å². The number of aliphatic hydroxyl groups excluding tert-OH is 1. The first-order valence-corrected chi connectivity index (χ1v) is 4.57. The van der Waals surface area contributed by atoms with Crippen molar-refractivity contribution < 1.29 is 10.2 Å².